The van der Waals surface area contributed by atoms with Gasteiger partial charge in [-0.3, -0.25) is 4.79 Å². The van der Waals surface area contributed by atoms with Gasteiger partial charge in [0.2, 0.25) is 0 Å². The average Bonchev–Trinajstić information content (AvgIpc) is 2.42. The molecule has 0 aromatic heterocycles. The molecule has 5 nitrogen and oxygen atoms in total. The quantitative estimate of drug-likeness (QED) is 0.826. The number of aliphatic hydroxyl groups is 1. The van der Waals surface area contributed by atoms with E-state index in [0.29, 0.717) is 30.2 Å². The summed E-state index contributed by atoms with van der Waals surface area (Å²) in [6, 6.07) is 5.16. The van der Waals surface area contributed by atoms with Crippen LogP contribution in [0.5, 0.6) is 11.5 Å². The first-order valence-electron chi connectivity index (χ1n) is 5.80. The number of amides is 1. The van der Waals surface area contributed by atoms with Gasteiger partial charge in [0.15, 0.2) is 11.5 Å². The summed E-state index contributed by atoms with van der Waals surface area (Å²) in [5.74, 6) is 0.757. The molecule has 0 aliphatic rings. The van der Waals surface area contributed by atoms with E-state index in [-0.39, 0.29) is 12.5 Å². The fourth-order valence-electron chi connectivity index (χ4n) is 1.75. The number of nitrogens with zero attached hydrogens (tertiary/aromatic N) is 1. The van der Waals surface area contributed by atoms with E-state index in [1.165, 1.54) is 14.2 Å². The lowest BCUT2D eigenvalue weighted by molar-refractivity contribution is 0.0728. The molecule has 100 valence electrons. The highest BCUT2D eigenvalue weighted by atomic mass is 16.5. The number of hydrogen-bond acceptors (Lipinski definition) is 4. The first-order chi connectivity index (χ1) is 8.69. The van der Waals surface area contributed by atoms with Crippen LogP contribution in [0, 0.1) is 0 Å². The predicted molar refractivity (Wildman–Crippen MR) is 68.2 cm³/mol. The molecule has 0 unspecified atom stereocenters. The molecule has 5 heteroatoms. The number of likely N-dealkylation sites (N-methyl/N-ethyl adjacent to an activating group) is 1. The SMILES string of the molecule is CCN(CCO)C(=O)c1cccc(OC)c1OC. The first-order valence-corrected chi connectivity index (χ1v) is 5.80. The van der Waals surface area contributed by atoms with Crippen molar-refractivity contribution in [3.8, 4) is 11.5 Å². The molecule has 0 bridgehead atoms. The monoisotopic (exact) mass is 253 g/mol. The van der Waals surface area contributed by atoms with Gasteiger partial charge in [-0.25, -0.2) is 0 Å². The molecule has 0 aliphatic heterocycles. The van der Waals surface area contributed by atoms with Gasteiger partial charge in [0.05, 0.1) is 26.4 Å². The van der Waals surface area contributed by atoms with Crippen molar-refractivity contribution in [1.29, 1.82) is 0 Å². The van der Waals surface area contributed by atoms with Gasteiger partial charge in [0, 0.05) is 13.1 Å². The minimum absolute atomic E-state index is 0.0636. The molecular weight excluding hydrogens is 234 g/mol. The standard InChI is InChI=1S/C13H19NO4/c1-4-14(8-9-15)13(16)10-6-5-7-11(17-2)12(10)18-3/h5-7,15H,4,8-9H2,1-3H3. The van der Waals surface area contributed by atoms with E-state index < -0.39 is 0 Å². The largest absolute Gasteiger partial charge is 0.493 e. The van der Waals surface area contributed by atoms with Gasteiger partial charge in [-0.2, -0.15) is 0 Å². The fraction of sp³-hybridized carbons (Fsp3) is 0.462. The van der Waals surface area contributed by atoms with Crippen LogP contribution < -0.4 is 9.47 Å². The smallest absolute Gasteiger partial charge is 0.257 e. The summed E-state index contributed by atoms with van der Waals surface area (Å²) < 4.78 is 10.4. The number of carbonyl (C=O) groups is 1. The van der Waals surface area contributed by atoms with Crippen LogP contribution in [-0.4, -0.2) is 49.8 Å². The number of aliphatic hydroxyl groups excluding tert-OH is 1. The lowest BCUT2D eigenvalue weighted by Crippen LogP contribution is -2.33. The summed E-state index contributed by atoms with van der Waals surface area (Å²) in [6.07, 6.45) is 0. The zero-order valence-electron chi connectivity index (χ0n) is 11.0. The molecule has 0 saturated carbocycles. The molecule has 0 saturated heterocycles. The number of rotatable bonds is 6. The Hall–Kier alpha value is -1.75. The Morgan fingerprint density at radius 1 is 1.33 bits per heavy atom. The van der Waals surface area contributed by atoms with Crippen molar-refractivity contribution < 1.29 is 19.4 Å². The van der Waals surface area contributed by atoms with Crippen molar-refractivity contribution in [3.63, 3.8) is 0 Å². The highest BCUT2D eigenvalue weighted by Gasteiger charge is 2.20. The molecular formula is C13H19NO4. The number of benzene rings is 1. The molecule has 18 heavy (non-hydrogen) atoms. The lowest BCUT2D eigenvalue weighted by atomic mass is 10.1. The number of hydrogen-bond donors (Lipinski definition) is 1. The summed E-state index contributed by atoms with van der Waals surface area (Å²) in [7, 11) is 3.02. The highest BCUT2D eigenvalue weighted by molar-refractivity contribution is 5.97. The van der Waals surface area contributed by atoms with Crippen LogP contribution in [0.25, 0.3) is 0 Å². The Kier molecular flexibility index (Phi) is 5.45. The van der Waals surface area contributed by atoms with Crippen LogP contribution >= 0.6 is 0 Å². The van der Waals surface area contributed by atoms with E-state index in [0.717, 1.165) is 0 Å². The summed E-state index contributed by atoms with van der Waals surface area (Å²) >= 11 is 0. The molecule has 1 N–H and O–H groups in total. The first kappa shape index (κ1) is 14.3. The van der Waals surface area contributed by atoms with Gasteiger partial charge in [0.25, 0.3) is 5.91 Å². The van der Waals surface area contributed by atoms with E-state index in [4.69, 9.17) is 14.6 Å². The third-order valence-corrected chi connectivity index (χ3v) is 2.67. The summed E-state index contributed by atoms with van der Waals surface area (Å²) in [6.45, 7) is 2.63. The van der Waals surface area contributed by atoms with Gasteiger partial charge >= 0.3 is 0 Å². The minimum atomic E-state index is -0.178. The maximum Gasteiger partial charge on any atom is 0.257 e. The second-order valence-electron chi connectivity index (χ2n) is 3.65. The molecule has 0 aliphatic carbocycles. The van der Waals surface area contributed by atoms with Crippen LogP contribution in [0.3, 0.4) is 0 Å². The Bertz CT molecular complexity index is 406. The fourth-order valence-corrected chi connectivity index (χ4v) is 1.75. The summed E-state index contributed by atoms with van der Waals surface area (Å²) in [4.78, 5) is 13.8. The zero-order valence-corrected chi connectivity index (χ0v) is 11.0. The average molecular weight is 253 g/mol. The van der Waals surface area contributed by atoms with E-state index >= 15 is 0 Å². The Morgan fingerprint density at radius 3 is 2.56 bits per heavy atom. The number of para-hydroxylation sites is 1. The van der Waals surface area contributed by atoms with Crippen LogP contribution in [0.1, 0.15) is 17.3 Å². The van der Waals surface area contributed by atoms with E-state index in [1.54, 1.807) is 23.1 Å². The molecule has 0 heterocycles. The van der Waals surface area contributed by atoms with Gasteiger partial charge in [-0.1, -0.05) is 6.07 Å². The third-order valence-electron chi connectivity index (χ3n) is 2.67. The molecule has 0 spiro atoms. The van der Waals surface area contributed by atoms with E-state index in [1.807, 2.05) is 6.92 Å². The van der Waals surface area contributed by atoms with Gasteiger partial charge in [-0.05, 0) is 19.1 Å². The van der Waals surface area contributed by atoms with E-state index in [2.05, 4.69) is 0 Å². The maximum atomic E-state index is 12.3. The minimum Gasteiger partial charge on any atom is -0.493 e. The van der Waals surface area contributed by atoms with Crippen molar-refractivity contribution in [2.24, 2.45) is 0 Å². The van der Waals surface area contributed by atoms with Crippen molar-refractivity contribution >= 4 is 5.91 Å². The predicted octanol–water partition coefficient (Wildman–Crippen LogP) is 1.16. The van der Waals surface area contributed by atoms with Gasteiger partial charge in [-0.15, -0.1) is 0 Å². The second kappa shape index (κ2) is 6.86. The molecule has 0 radical (unpaired) electrons. The Labute approximate surface area is 107 Å². The normalized spacial score (nSPS) is 10.0. The summed E-state index contributed by atoms with van der Waals surface area (Å²) in [5, 5.41) is 8.94. The van der Waals surface area contributed by atoms with Crippen molar-refractivity contribution in [3.05, 3.63) is 23.8 Å². The van der Waals surface area contributed by atoms with Gasteiger partial charge < -0.3 is 19.5 Å². The third kappa shape index (κ3) is 2.92. The zero-order chi connectivity index (χ0) is 13.5. The van der Waals surface area contributed by atoms with Crippen LogP contribution in [0.15, 0.2) is 18.2 Å². The van der Waals surface area contributed by atoms with Crippen LogP contribution in [-0.2, 0) is 0 Å². The Balaban J connectivity index is 3.11. The Morgan fingerprint density at radius 2 is 2.06 bits per heavy atom. The number of carbonyl (C=O) groups excluding carboxylic acids is 1. The van der Waals surface area contributed by atoms with Crippen molar-refractivity contribution in [2.45, 2.75) is 6.92 Å². The highest BCUT2D eigenvalue weighted by Crippen LogP contribution is 2.31. The van der Waals surface area contributed by atoms with E-state index in [9.17, 15) is 4.79 Å². The van der Waals surface area contributed by atoms with Crippen LogP contribution in [0.2, 0.25) is 0 Å². The maximum absolute atomic E-state index is 12.3. The molecule has 1 aromatic rings. The molecule has 0 atom stereocenters. The van der Waals surface area contributed by atoms with Gasteiger partial charge in [0.1, 0.15) is 0 Å². The number of methoxy groups -OCH3 is 2. The molecule has 1 aromatic carbocycles. The molecule has 0 fully saturated rings. The lowest BCUT2D eigenvalue weighted by Gasteiger charge is -2.21. The van der Waals surface area contributed by atoms with Crippen molar-refractivity contribution in [1.82, 2.24) is 4.90 Å². The van der Waals surface area contributed by atoms with Crippen molar-refractivity contribution in [2.75, 3.05) is 33.9 Å². The summed E-state index contributed by atoms with van der Waals surface area (Å²) in [5.41, 5.74) is 0.437. The molecule has 1 amide bonds. The van der Waals surface area contributed by atoms with Crippen LogP contribution in [0.4, 0.5) is 0 Å². The second-order valence-corrected chi connectivity index (χ2v) is 3.65. The number of ether oxygens (including phenoxy) is 2. The topological polar surface area (TPSA) is 59.0 Å². The molecule has 1 rings (SSSR count).